The molecule has 3 rings (SSSR count). The van der Waals surface area contributed by atoms with Gasteiger partial charge in [-0.05, 0) is 31.2 Å². The summed E-state index contributed by atoms with van der Waals surface area (Å²) in [6.07, 6.45) is 5.11. The summed E-state index contributed by atoms with van der Waals surface area (Å²) in [5, 5.41) is 7.09. The second kappa shape index (κ2) is 8.72. The number of guanidine groups is 1. The van der Waals surface area contributed by atoms with Gasteiger partial charge in [-0.1, -0.05) is 30.3 Å². The van der Waals surface area contributed by atoms with Crippen molar-refractivity contribution in [2.45, 2.75) is 44.3 Å². The van der Waals surface area contributed by atoms with Crippen molar-refractivity contribution in [2.24, 2.45) is 4.99 Å². The molecular weight excluding hydrogens is 387 g/mol. The zero-order valence-electron chi connectivity index (χ0n) is 13.3. The zero-order chi connectivity index (χ0) is 14.5. The van der Waals surface area contributed by atoms with Crippen LogP contribution in [0.15, 0.2) is 35.3 Å². The molecule has 0 spiro atoms. The van der Waals surface area contributed by atoms with Crippen LogP contribution in [0.2, 0.25) is 0 Å². The Hall–Kier alpha value is -0.820. The molecule has 0 amide bonds. The van der Waals surface area contributed by atoms with E-state index in [1.807, 2.05) is 7.05 Å². The van der Waals surface area contributed by atoms with Crippen LogP contribution in [-0.2, 0) is 6.54 Å². The molecule has 122 valence electrons. The highest BCUT2D eigenvalue weighted by molar-refractivity contribution is 14.0. The first kappa shape index (κ1) is 17.5. The predicted octanol–water partition coefficient (Wildman–Crippen LogP) is 2.60. The topological polar surface area (TPSA) is 39.7 Å². The third-order valence-corrected chi connectivity index (χ3v) is 4.53. The van der Waals surface area contributed by atoms with E-state index in [0.29, 0.717) is 12.1 Å². The molecule has 0 aromatic heterocycles. The van der Waals surface area contributed by atoms with E-state index in [2.05, 4.69) is 50.9 Å². The van der Waals surface area contributed by atoms with Gasteiger partial charge in [-0.2, -0.15) is 0 Å². The van der Waals surface area contributed by atoms with Crippen LogP contribution in [0, 0.1) is 0 Å². The highest BCUT2D eigenvalue weighted by Gasteiger charge is 2.24. The van der Waals surface area contributed by atoms with Gasteiger partial charge in [0.2, 0.25) is 0 Å². The molecule has 1 saturated heterocycles. The lowest BCUT2D eigenvalue weighted by Gasteiger charge is -2.29. The Morgan fingerprint density at radius 3 is 2.50 bits per heavy atom. The van der Waals surface area contributed by atoms with Crippen LogP contribution in [0.4, 0.5) is 0 Å². The van der Waals surface area contributed by atoms with E-state index in [1.54, 1.807) is 0 Å². The summed E-state index contributed by atoms with van der Waals surface area (Å²) in [5.41, 5.74) is 1.40. The van der Waals surface area contributed by atoms with Crippen molar-refractivity contribution in [3.63, 3.8) is 0 Å². The first-order chi connectivity index (χ1) is 10.3. The number of aliphatic imine (C=N–C) groups is 1. The van der Waals surface area contributed by atoms with Gasteiger partial charge in [0.25, 0.3) is 0 Å². The van der Waals surface area contributed by atoms with Crippen molar-refractivity contribution in [1.82, 2.24) is 15.5 Å². The summed E-state index contributed by atoms with van der Waals surface area (Å²) in [6, 6.07) is 11.9. The molecule has 1 aromatic rings. The number of halogens is 1. The minimum atomic E-state index is 0. The number of nitrogens with one attached hydrogen (secondary N) is 2. The summed E-state index contributed by atoms with van der Waals surface area (Å²) in [7, 11) is 1.87. The van der Waals surface area contributed by atoms with Crippen LogP contribution in [0.5, 0.6) is 0 Å². The van der Waals surface area contributed by atoms with Gasteiger partial charge in [-0.25, -0.2) is 0 Å². The third-order valence-electron chi connectivity index (χ3n) is 4.53. The van der Waals surface area contributed by atoms with Gasteiger partial charge in [0.05, 0.1) is 0 Å². The number of hydrogen-bond acceptors (Lipinski definition) is 2. The van der Waals surface area contributed by atoms with Gasteiger partial charge < -0.3 is 10.6 Å². The van der Waals surface area contributed by atoms with E-state index >= 15 is 0 Å². The van der Waals surface area contributed by atoms with Crippen molar-refractivity contribution in [2.75, 3.05) is 20.1 Å². The SMILES string of the molecule is CN=C(NC1CCC1)NC1CCN(Cc2ccccc2)C1.I. The first-order valence-electron chi connectivity index (χ1n) is 8.09. The Labute approximate surface area is 150 Å². The summed E-state index contributed by atoms with van der Waals surface area (Å²) in [6.45, 7) is 3.31. The molecule has 1 heterocycles. The molecule has 1 aromatic carbocycles. The molecule has 1 unspecified atom stereocenters. The normalized spacial score (nSPS) is 22.8. The Kier molecular flexibility index (Phi) is 6.95. The average Bonchev–Trinajstić information content (AvgIpc) is 2.89. The van der Waals surface area contributed by atoms with Gasteiger partial charge >= 0.3 is 0 Å². The summed E-state index contributed by atoms with van der Waals surface area (Å²) >= 11 is 0. The van der Waals surface area contributed by atoms with E-state index in [-0.39, 0.29) is 24.0 Å². The van der Waals surface area contributed by atoms with E-state index in [9.17, 15) is 0 Å². The van der Waals surface area contributed by atoms with Crippen LogP contribution < -0.4 is 10.6 Å². The molecule has 1 aliphatic heterocycles. The molecule has 2 N–H and O–H groups in total. The van der Waals surface area contributed by atoms with Crippen LogP contribution in [0.1, 0.15) is 31.2 Å². The van der Waals surface area contributed by atoms with Gasteiger partial charge in [0, 0.05) is 38.8 Å². The fraction of sp³-hybridized carbons (Fsp3) is 0.588. The average molecular weight is 414 g/mol. The molecular formula is C17H27IN4. The van der Waals surface area contributed by atoms with Crippen LogP contribution in [0.25, 0.3) is 0 Å². The van der Waals surface area contributed by atoms with Crippen LogP contribution in [-0.4, -0.2) is 43.1 Å². The molecule has 1 saturated carbocycles. The zero-order valence-corrected chi connectivity index (χ0v) is 15.6. The Balaban J connectivity index is 0.00000176. The molecule has 5 heteroatoms. The van der Waals surface area contributed by atoms with E-state index in [1.165, 1.54) is 31.2 Å². The van der Waals surface area contributed by atoms with Crippen molar-refractivity contribution in [1.29, 1.82) is 0 Å². The van der Waals surface area contributed by atoms with Gasteiger partial charge in [0.15, 0.2) is 5.96 Å². The minimum absolute atomic E-state index is 0. The predicted molar refractivity (Wildman–Crippen MR) is 103 cm³/mol. The quantitative estimate of drug-likeness (QED) is 0.452. The van der Waals surface area contributed by atoms with Crippen molar-refractivity contribution >= 4 is 29.9 Å². The largest absolute Gasteiger partial charge is 0.354 e. The lowest BCUT2D eigenvalue weighted by molar-refractivity contribution is 0.323. The molecule has 0 radical (unpaired) electrons. The molecule has 1 atom stereocenters. The molecule has 2 aliphatic rings. The molecule has 4 nitrogen and oxygen atoms in total. The van der Waals surface area contributed by atoms with E-state index in [4.69, 9.17) is 0 Å². The number of likely N-dealkylation sites (tertiary alicyclic amines) is 1. The van der Waals surface area contributed by atoms with E-state index < -0.39 is 0 Å². The second-order valence-electron chi connectivity index (χ2n) is 6.20. The third kappa shape index (κ3) is 4.84. The number of rotatable bonds is 4. The maximum atomic E-state index is 4.36. The fourth-order valence-corrected chi connectivity index (χ4v) is 3.05. The summed E-state index contributed by atoms with van der Waals surface area (Å²) in [4.78, 5) is 6.88. The van der Waals surface area contributed by atoms with E-state index in [0.717, 1.165) is 25.6 Å². The second-order valence-corrected chi connectivity index (χ2v) is 6.20. The van der Waals surface area contributed by atoms with Gasteiger partial charge in [-0.15, -0.1) is 24.0 Å². The lowest BCUT2D eigenvalue weighted by atomic mass is 9.93. The number of nitrogens with zero attached hydrogens (tertiary/aromatic N) is 2. The standard InChI is InChI=1S/C17H26N4.HI/c1-18-17(19-15-8-5-9-15)20-16-10-11-21(13-16)12-14-6-3-2-4-7-14;/h2-4,6-7,15-16H,5,8-13H2,1H3,(H2,18,19,20);1H. The van der Waals surface area contributed by atoms with Crippen molar-refractivity contribution in [3.8, 4) is 0 Å². The fourth-order valence-electron chi connectivity index (χ4n) is 3.05. The van der Waals surface area contributed by atoms with Crippen LogP contribution in [0.3, 0.4) is 0 Å². The van der Waals surface area contributed by atoms with Crippen LogP contribution >= 0.6 is 24.0 Å². The molecule has 22 heavy (non-hydrogen) atoms. The smallest absolute Gasteiger partial charge is 0.191 e. The highest BCUT2D eigenvalue weighted by atomic mass is 127. The van der Waals surface area contributed by atoms with Crippen molar-refractivity contribution in [3.05, 3.63) is 35.9 Å². The minimum Gasteiger partial charge on any atom is -0.354 e. The Morgan fingerprint density at radius 1 is 1.14 bits per heavy atom. The number of hydrogen-bond donors (Lipinski definition) is 2. The van der Waals surface area contributed by atoms with Gasteiger partial charge in [-0.3, -0.25) is 9.89 Å². The number of benzene rings is 1. The maximum absolute atomic E-state index is 4.36. The molecule has 0 bridgehead atoms. The monoisotopic (exact) mass is 414 g/mol. The Bertz CT molecular complexity index is 473. The lowest BCUT2D eigenvalue weighted by Crippen LogP contribution is -2.50. The van der Waals surface area contributed by atoms with Gasteiger partial charge in [0.1, 0.15) is 0 Å². The first-order valence-corrected chi connectivity index (χ1v) is 8.09. The Morgan fingerprint density at radius 2 is 1.86 bits per heavy atom. The maximum Gasteiger partial charge on any atom is 0.191 e. The molecule has 2 fully saturated rings. The van der Waals surface area contributed by atoms with Crippen molar-refractivity contribution < 1.29 is 0 Å². The highest BCUT2D eigenvalue weighted by Crippen LogP contribution is 2.18. The summed E-state index contributed by atoms with van der Waals surface area (Å²) in [5.74, 6) is 0.978. The molecule has 1 aliphatic carbocycles. The summed E-state index contributed by atoms with van der Waals surface area (Å²) < 4.78 is 0.